The molecule has 0 aliphatic heterocycles. The molecule has 1 amide bonds. The SMILES string of the molecule is CN(Cc1cnc2c(C(C)(C)C)c(C=CC(=O)NO)ccn12)CC(C)(C)C. The van der Waals surface area contributed by atoms with Crippen LogP contribution < -0.4 is 5.48 Å². The van der Waals surface area contributed by atoms with Crippen LogP contribution in [0.1, 0.15) is 58.4 Å². The Kier molecular flexibility index (Phi) is 6.12. The van der Waals surface area contributed by atoms with Crippen LogP contribution >= 0.6 is 0 Å². The summed E-state index contributed by atoms with van der Waals surface area (Å²) in [6.45, 7) is 14.9. The van der Waals surface area contributed by atoms with Crippen molar-refractivity contribution < 1.29 is 10.0 Å². The van der Waals surface area contributed by atoms with E-state index in [1.807, 2.05) is 18.5 Å². The molecule has 0 atom stereocenters. The van der Waals surface area contributed by atoms with E-state index in [0.29, 0.717) is 0 Å². The summed E-state index contributed by atoms with van der Waals surface area (Å²) >= 11 is 0. The zero-order chi connectivity index (χ0) is 20.4. The molecule has 0 fully saturated rings. The van der Waals surface area contributed by atoms with Crippen molar-refractivity contribution in [1.82, 2.24) is 19.8 Å². The number of aromatic nitrogens is 2. The lowest BCUT2D eigenvalue weighted by Gasteiger charge is -2.26. The molecule has 0 spiro atoms. The third-order valence-corrected chi connectivity index (χ3v) is 4.24. The van der Waals surface area contributed by atoms with E-state index in [-0.39, 0.29) is 10.8 Å². The Bertz CT molecular complexity index is 838. The molecule has 6 nitrogen and oxygen atoms in total. The van der Waals surface area contributed by atoms with Gasteiger partial charge in [-0.15, -0.1) is 0 Å². The van der Waals surface area contributed by atoms with Crippen LogP contribution in [0.25, 0.3) is 11.7 Å². The van der Waals surface area contributed by atoms with Crippen molar-refractivity contribution in [2.75, 3.05) is 13.6 Å². The van der Waals surface area contributed by atoms with Gasteiger partial charge >= 0.3 is 0 Å². The second-order valence-electron chi connectivity index (χ2n) is 9.38. The number of hydrogen-bond donors (Lipinski definition) is 2. The van der Waals surface area contributed by atoms with E-state index in [1.165, 1.54) is 6.08 Å². The highest BCUT2D eigenvalue weighted by molar-refractivity contribution is 5.91. The van der Waals surface area contributed by atoms with Crippen molar-refractivity contribution in [2.45, 2.75) is 53.5 Å². The van der Waals surface area contributed by atoms with Crippen molar-refractivity contribution >= 4 is 17.6 Å². The van der Waals surface area contributed by atoms with Gasteiger partial charge in [0.25, 0.3) is 5.91 Å². The van der Waals surface area contributed by atoms with Gasteiger partial charge in [-0.1, -0.05) is 41.5 Å². The van der Waals surface area contributed by atoms with Gasteiger partial charge in [-0.05, 0) is 35.6 Å². The summed E-state index contributed by atoms with van der Waals surface area (Å²) in [7, 11) is 2.12. The second-order valence-corrected chi connectivity index (χ2v) is 9.38. The molecule has 0 saturated carbocycles. The van der Waals surface area contributed by atoms with E-state index in [1.54, 1.807) is 11.6 Å². The number of pyridine rings is 1. The maximum absolute atomic E-state index is 11.4. The predicted molar refractivity (Wildman–Crippen MR) is 109 cm³/mol. The Morgan fingerprint density at radius 1 is 1.30 bits per heavy atom. The summed E-state index contributed by atoms with van der Waals surface area (Å²) in [5.41, 5.74) is 5.71. The van der Waals surface area contributed by atoms with Crippen molar-refractivity contribution in [2.24, 2.45) is 5.41 Å². The average Bonchev–Trinajstić information content (AvgIpc) is 2.91. The van der Waals surface area contributed by atoms with Crippen molar-refractivity contribution in [3.05, 3.63) is 41.4 Å². The average molecular weight is 373 g/mol. The lowest BCUT2D eigenvalue weighted by atomic mass is 9.84. The summed E-state index contributed by atoms with van der Waals surface area (Å²) in [6, 6.07) is 1.99. The molecule has 0 saturated heterocycles. The molecule has 2 rings (SSSR count). The molecule has 6 heteroatoms. The number of carbonyl (C=O) groups is 1. The van der Waals surface area contributed by atoms with Gasteiger partial charge in [-0.25, -0.2) is 10.5 Å². The number of nitrogens with zero attached hydrogens (tertiary/aromatic N) is 3. The normalized spacial score (nSPS) is 13.1. The topological polar surface area (TPSA) is 69.9 Å². The standard InChI is InChI=1S/C21H32N4O2/c1-20(2,3)14-24(7)13-16-12-22-19-18(21(4,5)6)15(10-11-25(16)19)8-9-17(26)23-27/h8-12,27H,13-14H2,1-7H3,(H,23,26). The quantitative estimate of drug-likeness (QED) is 0.478. The van der Waals surface area contributed by atoms with E-state index in [0.717, 1.165) is 35.6 Å². The third kappa shape index (κ3) is 5.40. The van der Waals surface area contributed by atoms with Gasteiger partial charge in [0.15, 0.2) is 0 Å². The van der Waals surface area contributed by atoms with Crippen LogP contribution in [0.4, 0.5) is 0 Å². The highest BCUT2D eigenvalue weighted by Crippen LogP contribution is 2.31. The molecule has 27 heavy (non-hydrogen) atoms. The van der Waals surface area contributed by atoms with E-state index in [2.05, 4.69) is 57.9 Å². The van der Waals surface area contributed by atoms with Crippen molar-refractivity contribution in [3.8, 4) is 0 Å². The van der Waals surface area contributed by atoms with E-state index >= 15 is 0 Å². The first-order valence-electron chi connectivity index (χ1n) is 9.22. The van der Waals surface area contributed by atoms with Crippen LogP contribution in [0.5, 0.6) is 0 Å². The number of rotatable bonds is 5. The van der Waals surface area contributed by atoms with Crippen molar-refractivity contribution in [3.63, 3.8) is 0 Å². The van der Waals surface area contributed by atoms with Crippen LogP contribution in [0.2, 0.25) is 0 Å². The fourth-order valence-electron chi connectivity index (χ4n) is 3.48. The largest absolute Gasteiger partial charge is 0.302 e. The zero-order valence-electron chi connectivity index (χ0n) is 17.5. The van der Waals surface area contributed by atoms with Crippen LogP contribution in [0.15, 0.2) is 24.5 Å². The van der Waals surface area contributed by atoms with Gasteiger partial charge in [0.2, 0.25) is 0 Å². The Labute approximate surface area is 161 Å². The summed E-state index contributed by atoms with van der Waals surface area (Å²) in [4.78, 5) is 18.4. The third-order valence-electron chi connectivity index (χ3n) is 4.24. The first-order valence-corrected chi connectivity index (χ1v) is 9.22. The zero-order valence-corrected chi connectivity index (χ0v) is 17.5. The first kappa shape index (κ1) is 21.1. The number of hydrogen-bond acceptors (Lipinski definition) is 4. The first-order chi connectivity index (χ1) is 12.4. The lowest BCUT2D eigenvalue weighted by Crippen LogP contribution is -2.29. The van der Waals surface area contributed by atoms with Crippen LogP contribution in [-0.2, 0) is 16.8 Å². The molecule has 2 aromatic rings. The molecular weight excluding hydrogens is 340 g/mol. The van der Waals surface area contributed by atoms with Crippen LogP contribution in [0, 0.1) is 5.41 Å². The summed E-state index contributed by atoms with van der Waals surface area (Å²) in [6.07, 6.45) is 6.96. The van der Waals surface area contributed by atoms with E-state index < -0.39 is 5.91 Å². The summed E-state index contributed by atoms with van der Waals surface area (Å²) in [5, 5.41) is 8.71. The van der Waals surface area contributed by atoms with Gasteiger partial charge in [-0.3, -0.25) is 10.0 Å². The number of hydroxylamine groups is 1. The molecule has 0 aliphatic carbocycles. The Balaban J connectivity index is 2.47. The predicted octanol–water partition coefficient (Wildman–Crippen LogP) is 3.63. The molecule has 2 aromatic heterocycles. The molecular formula is C21H32N4O2. The van der Waals surface area contributed by atoms with Crippen molar-refractivity contribution in [1.29, 1.82) is 0 Å². The Hall–Kier alpha value is -2.18. The second kappa shape index (κ2) is 7.82. The highest BCUT2D eigenvalue weighted by Gasteiger charge is 2.23. The number of nitrogens with one attached hydrogen (secondary N) is 1. The lowest BCUT2D eigenvalue weighted by molar-refractivity contribution is -0.124. The fourth-order valence-corrected chi connectivity index (χ4v) is 3.48. The fraction of sp³-hybridized carbons (Fsp3) is 0.524. The van der Waals surface area contributed by atoms with Gasteiger partial charge in [0.1, 0.15) is 5.65 Å². The number of carbonyl (C=O) groups excluding carboxylic acids is 1. The monoisotopic (exact) mass is 372 g/mol. The summed E-state index contributed by atoms with van der Waals surface area (Å²) < 4.78 is 2.13. The number of imidazole rings is 1. The molecule has 2 N–H and O–H groups in total. The number of amides is 1. The molecule has 148 valence electrons. The van der Waals surface area contributed by atoms with Gasteiger partial charge in [0, 0.05) is 30.9 Å². The number of fused-ring (bicyclic) bond motifs is 1. The molecule has 2 heterocycles. The molecule has 0 unspecified atom stereocenters. The van der Waals surface area contributed by atoms with Crippen LogP contribution in [-0.4, -0.2) is 39.0 Å². The van der Waals surface area contributed by atoms with Gasteiger partial charge in [0.05, 0.1) is 11.9 Å². The van der Waals surface area contributed by atoms with E-state index in [4.69, 9.17) is 10.2 Å². The maximum atomic E-state index is 11.4. The smallest absolute Gasteiger partial charge is 0.267 e. The maximum Gasteiger partial charge on any atom is 0.267 e. The summed E-state index contributed by atoms with van der Waals surface area (Å²) in [5.74, 6) is -0.553. The Morgan fingerprint density at radius 2 is 1.96 bits per heavy atom. The molecule has 0 bridgehead atoms. The highest BCUT2D eigenvalue weighted by atomic mass is 16.5. The van der Waals surface area contributed by atoms with E-state index in [9.17, 15) is 4.79 Å². The van der Waals surface area contributed by atoms with Gasteiger partial charge < -0.3 is 9.30 Å². The Morgan fingerprint density at radius 3 is 2.52 bits per heavy atom. The minimum absolute atomic E-state index is 0.155. The molecule has 0 aromatic carbocycles. The molecule has 0 radical (unpaired) electrons. The minimum atomic E-state index is -0.553. The minimum Gasteiger partial charge on any atom is -0.302 e. The van der Waals surface area contributed by atoms with Crippen LogP contribution in [0.3, 0.4) is 0 Å². The molecule has 0 aliphatic rings. The van der Waals surface area contributed by atoms with Gasteiger partial charge in [-0.2, -0.15) is 0 Å².